The highest BCUT2D eigenvalue weighted by Gasteiger charge is 2.41. The van der Waals surface area contributed by atoms with Crippen LogP contribution in [-0.2, 0) is 0 Å². The lowest BCUT2D eigenvalue weighted by atomic mass is 9.83. The fourth-order valence-corrected chi connectivity index (χ4v) is 4.08. The fourth-order valence-electron chi connectivity index (χ4n) is 4.08. The number of likely N-dealkylation sites (tertiary alicyclic amines) is 1. The van der Waals surface area contributed by atoms with Gasteiger partial charge in [-0.15, -0.1) is 12.4 Å². The summed E-state index contributed by atoms with van der Waals surface area (Å²) in [5.41, 5.74) is 5.23. The number of hydrazone groups is 1. The molecule has 1 fully saturated rings. The van der Waals surface area contributed by atoms with Gasteiger partial charge in [0.25, 0.3) is 0 Å². The summed E-state index contributed by atoms with van der Waals surface area (Å²) in [6.07, 6.45) is 2.31. The minimum Gasteiger partial charge on any atom is -0.299 e. The second-order valence-corrected chi connectivity index (χ2v) is 6.93. The number of nitrogens with zero attached hydrogens (tertiary/aromatic N) is 3. The SMILES string of the molecule is CCN1C/C(=C\c2ccccc2)C2=NN(C)C(c3ccccc3)C2C1.Cl. The highest BCUT2D eigenvalue weighted by molar-refractivity contribution is 6.07. The van der Waals surface area contributed by atoms with E-state index >= 15 is 0 Å². The fraction of sp³-hybridized carbons (Fsp3) is 0.318. The minimum absolute atomic E-state index is 0. The normalized spacial score (nSPS) is 24.2. The summed E-state index contributed by atoms with van der Waals surface area (Å²) in [7, 11) is 2.11. The van der Waals surface area contributed by atoms with Crippen molar-refractivity contribution >= 4 is 24.2 Å². The number of halogens is 1. The number of likely N-dealkylation sites (N-methyl/N-ethyl adjacent to an activating group) is 1. The van der Waals surface area contributed by atoms with Gasteiger partial charge in [0.1, 0.15) is 0 Å². The highest BCUT2D eigenvalue weighted by Crippen LogP contribution is 2.39. The van der Waals surface area contributed by atoms with E-state index in [9.17, 15) is 0 Å². The molecule has 0 amide bonds. The third-order valence-corrected chi connectivity index (χ3v) is 5.31. The Morgan fingerprint density at radius 2 is 1.69 bits per heavy atom. The van der Waals surface area contributed by atoms with Crippen LogP contribution in [0.15, 0.2) is 71.3 Å². The summed E-state index contributed by atoms with van der Waals surface area (Å²) in [6, 6.07) is 21.7. The van der Waals surface area contributed by atoms with E-state index in [2.05, 4.69) is 90.6 Å². The molecule has 3 nitrogen and oxygen atoms in total. The van der Waals surface area contributed by atoms with Crippen molar-refractivity contribution in [1.29, 1.82) is 0 Å². The van der Waals surface area contributed by atoms with E-state index in [4.69, 9.17) is 5.10 Å². The van der Waals surface area contributed by atoms with Crippen LogP contribution >= 0.6 is 12.4 Å². The van der Waals surface area contributed by atoms with Crippen molar-refractivity contribution in [1.82, 2.24) is 9.91 Å². The first-order valence-electron chi connectivity index (χ1n) is 9.11. The molecule has 2 aliphatic heterocycles. The number of rotatable bonds is 3. The maximum atomic E-state index is 4.97. The molecule has 0 aliphatic carbocycles. The summed E-state index contributed by atoms with van der Waals surface area (Å²) in [6.45, 7) is 5.38. The van der Waals surface area contributed by atoms with Gasteiger partial charge < -0.3 is 0 Å². The van der Waals surface area contributed by atoms with Crippen LogP contribution in [0.4, 0.5) is 0 Å². The molecule has 4 rings (SSSR count). The smallest absolute Gasteiger partial charge is 0.0813 e. The first-order valence-corrected chi connectivity index (χ1v) is 9.11. The van der Waals surface area contributed by atoms with Crippen LogP contribution < -0.4 is 0 Å². The first kappa shape index (κ1) is 18.7. The molecule has 0 radical (unpaired) electrons. The topological polar surface area (TPSA) is 18.8 Å². The Labute approximate surface area is 162 Å². The third-order valence-electron chi connectivity index (χ3n) is 5.31. The van der Waals surface area contributed by atoms with Crippen LogP contribution in [0.2, 0.25) is 0 Å². The maximum absolute atomic E-state index is 4.97. The molecule has 2 aromatic rings. The van der Waals surface area contributed by atoms with E-state index < -0.39 is 0 Å². The van der Waals surface area contributed by atoms with E-state index in [1.807, 2.05) is 0 Å². The van der Waals surface area contributed by atoms with Crippen LogP contribution in [0.25, 0.3) is 6.08 Å². The molecule has 2 heterocycles. The third kappa shape index (κ3) is 3.55. The molecule has 0 aromatic heterocycles. The predicted molar refractivity (Wildman–Crippen MR) is 112 cm³/mol. The molecule has 0 bridgehead atoms. The summed E-state index contributed by atoms with van der Waals surface area (Å²) in [4.78, 5) is 2.54. The van der Waals surface area contributed by atoms with Crippen LogP contribution in [-0.4, -0.2) is 42.3 Å². The first-order chi connectivity index (χ1) is 12.3. The second-order valence-electron chi connectivity index (χ2n) is 6.93. The van der Waals surface area contributed by atoms with Crippen molar-refractivity contribution in [2.24, 2.45) is 11.0 Å². The molecular weight excluding hydrogens is 342 g/mol. The molecule has 0 saturated carbocycles. The van der Waals surface area contributed by atoms with Gasteiger partial charge in [0.05, 0.1) is 11.8 Å². The van der Waals surface area contributed by atoms with Crippen LogP contribution in [0.3, 0.4) is 0 Å². The minimum atomic E-state index is 0. The van der Waals surface area contributed by atoms with E-state index in [1.165, 1.54) is 22.4 Å². The van der Waals surface area contributed by atoms with Crippen molar-refractivity contribution in [3.63, 3.8) is 0 Å². The average Bonchev–Trinajstić information content (AvgIpc) is 2.99. The molecule has 2 aromatic carbocycles. The second kappa shape index (κ2) is 8.07. The number of hydrogen-bond donors (Lipinski definition) is 0. The van der Waals surface area contributed by atoms with E-state index in [1.54, 1.807) is 0 Å². The van der Waals surface area contributed by atoms with Gasteiger partial charge in [-0.1, -0.05) is 67.6 Å². The molecule has 136 valence electrons. The highest BCUT2D eigenvalue weighted by atomic mass is 35.5. The van der Waals surface area contributed by atoms with Gasteiger partial charge in [-0.3, -0.25) is 9.91 Å². The summed E-state index contributed by atoms with van der Waals surface area (Å²) < 4.78 is 0. The Bertz CT molecular complexity index is 786. The van der Waals surface area contributed by atoms with Gasteiger partial charge in [-0.25, -0.2) is 0 Å². The molecular formula is C22H26ClN3. The lowest BCUT2D eigenvalue weighted by Gasteiger charge is -2.35. The standard InChI is InChI=1S/C22H25N3.ClH/c1-3-25-15-19(14-17-10-6-4-7-11-17)21-20(16-25)22(24(2)23-21)18-12-8-5-9-13-18;/h4-14,20,22H,3,15-16H2,1-2H3;1H/b19-14+;. The van der Waals surface area contributed by atoms with Crippen LogP contribution in [0.1, 0.15) is 24.1 Å². The van der Waals surface area contributed by atoms with Gasteiger partial charge in [0.15, 0.2) is 0 Å². The predicted octanol–water partition coefficient (Wildman–Crippen LogP) is 4.49. The number of piperidine rings is 1. The molecule has 2 unspecified atom stereocenters. The zero-order chi connectivity index (χ0) is 17.2. The average molecular weight is 368 g/mol. The van der Waals surface area contributed by atoms with Crippen molar-refractivity contribution in [3.05, 3.63) is 77.4 Å². The van der Waals surface area contributed by atoms with Gasteiger partial charge in [-0.05, 0) is 29.3 Å². The molecule has 1 saturated heterocycles. The van der Waals surface area contributed by atoms with Crippen molar-refractivity contribution in [3.8, 4) is 0 Å². The van der Waals surface area contributed by atoms with Crippen molar-refractivity contribution in [2.75, 3.05) is 26.7 Å². The van der Waals surface area contributed by atoms with Crippen LogP contribution in [0.5, 0.6) is 0 Å². The maximum Gasteiger partial charge on any atom is 0.0813 e. The molecule has 2 atom stereocenters. The molecule has 0 N–H and O–H groups in total. The number of hydrogen-bond acceptors (Lipinski definition) is 3. The molecule has 0 spiro atoms. The molecule has 2 aliphatic rings. The van der Waals surface area contributed by atoms with Crippen molar-refractivity contribution < 1.29 is 0 Å². The monoisotopic (exact) mass is 367 g/mol. The quantitative estimate of drug-likeness (QED) is 0.796. The lowest BCUT2D eigenvalue weighted by molar-refractivity contribution is 0.198. The summed E-state index contributed by atoms with van der Waals surface area (Å²) in [5.74, 6) is 0.427. The Kier molecular flexibility index (Phi) is 5.80. The summed E-state index contributed by atoms with van der Waals surface area (Å²) in [5, 5.41) is 7.13. The zero-order valence-electron chi connectivity index (χ0n) is 15.4. The number of benzene rings is 2. The molecule has 26 heavy (non-hydrogen) atoms. The van der Waals surface area contributed by atoms with Gasteiger partial charge in [-0.2, -0.15) is 5.10 Å². The van der Waals surface area contributed by atoms with Crippen LogP contribution in [0, 0.1) is 5.92 Å². The largest absolute Gasteiger partial charge is 0.299 e. The Balaban J connectivity index is 0.00000196. The zero-order valence-corrected chi connectivity index (χ0v) is 16.2. The van der Waals surface area contributed by atoms with Crippen molar-refractivity contribution in [2.45, 2.75) is 13.0 Å². The van der Waals surface area contributed by atoms with E-state index in [0.29, 0.717) is 12.0 Å². The van der Waals surface area contributed by atoms with Gasteiger partial charge in [0, 0.05) is 26.1 Å². The van der Waals surface area contributed by atoms with Gasteiger partial charge >= 0.3 is 0 Å². The van der Waals surface area contributed by atoms with E-state index in [0.717, 1.165) is 19.6 Å². The Morgan fingerprint density at radius 3 is 2.35 bits per heavy atom. The molecule has 4 heteroatoms. The number of fused-ring (bicyclic) bond motifs is 1. The summed E-state index contributed by atoms with van der Waals surface area (Å²) >= 11 is 0. The lowest BCUT2D eigenvalue weighted by Crippen LogP contribution is -2.43. The Hall–Kier alpha value is -2.10. The Morgan fingerprint density at radius 1 is 1.04 bits per heavy atom. The van der Waals surface area contributed by atoms with E-state index in [-0.39, 0.29) is 12.4 Å². The van der Waals surface area contributed by atoms with Gasteiger partial charge in [0.2, 0.25) is 0 Å².